The monoisotopic (exact) mass is 770 g/mol. The predicted molar refractivity (Wildman–Crippen MR) is 203 cm³/mol. The van der Waals surface area contributed by atoms with Gasteiger partial charge in [0.25, 0.3) is 0 Å². The molecule has 2 aliphatic rings. The van der Waals surface area contributed by atoms with Crippen molar-refractivity contribution in [2.24, 2.45) is 0 Å². The van der Waals surface area contributed by atoms with E-state index in [4.69, 9.17) is 14.2 Å². The Balaban J connectivity index is 0.000000210. The molecule has 0 spiro atoms. The molecule has 0 unspecified atom stereocenters. The van der Waals surface area contributed by atoms with E-state index in [2.05, 4.69) is 41.4 Å². The highest BCUT2D eigenvalue weighted by Crippen LogP contribution is 2.25. The van der Waals surface area contributed by atoms with Crippen LogP contribution in [-0.4, -0.2) is 70.5 Å². The molecule has 0 radical (unpaired) electrons. The average molecular weight is 772 g/mol. The summed E-state index contributed by atoms with van der Waals surface area (Å²) >= 11 is 3.43. The van der Waals surface area contributed by atoms with Crippen molar-refractivity contribution in [1.29, 1.82) is 0 Å². The minimum Gasteiger partial charge on any atom is -0.497 e. The van der Waals surface area contributed by atoms with Gasteiger partial charge in [-0.05, 0) is 95.9 Å². The fourth-order valence-electron chi connectivity index (χ4n) is 5.61. The van der Waals surface area contributed by atoms with Crippen LogP contribution < -0.4 is 20.1 Å². The van der Waals surface area contributed by atoms with Gasteiger partial charge in [-0.25, -0.2) is 14.8 Å². The molecule has 2 amide bonds. The number of hydrogen-bond donors (Lipinski definition) is 2. The van der Waals surface area contributed by atoms with Crippen molar-refractivity contribution in [2.45, 2.75) is 52.6 Å². The fraction of sp³-hybridized carbons (Fsp3) is 0.308. The molecule has 12 nitrogen and oxygen atoms in total. The van der Waals surface area contributed by atoms with Gasteiger partial charge in [0.2, 0.25) is 11.8 Å². The van der Waals surface area contributed by atoms with Crippen LogP contribution in [0.25, 0.3) is 6.08 Å². The number of esters is 1. The first-order valence-electron chi connectivity index (χ1n) is 16.7. The summed E-state index contributed by atoms with van der Waals surface area (Å²) in [6.07, 6.45) is 6.37. The lowest BCUT2D eigenvalue weighted by Crippen LogP contribution is -2.29. The van der Waals surface area contributed by atoms with Gasteiger partial charge >= 0.3 is 5.97 Å². The number of benzene rings is 2. The number of fused-ring (bicyclic) bond motifs is 2. The van der Waals surface area contributed by atoms with Crippen molar-refractivity contribution in [3.05, 3.63) is 111 Å². The number of pyridine rings is 2. The molecule has 0 saturated carbocycles. The Morgan fingerprint density at radius 1 is 0.769 bits per heavy atom. The molecule has 0 atom stereocenters. The number of nitrogens with one attached hydrogen (secondary N) is 2. The van der Waals surface area contributed by atoms with E-state index in [1.165, 1.54) is 6.08 Å². The van der Waals surface area contributed by atoms with E-state index in [9.17, 15) is 14.4 Å². The zero-order valence-corrected chi connectivity index (χ0v) is 31.5. The Hall–Kier alpha value is -5.11. The maximum absolute atomic E-state index is 12.3. The molecule has 6 rings (SSSR count). The van der Waals surface area contributed by atoms with E-state index >= 15 is 0 Å². The van der Waals surface area contributed by atoms with Crippen LogP contribution in [0.5, 0.6) is 11.5 Å². The lowest BCUT2D eigenvalue weighted by Gasteiger charge is -2.19. The third-order valence-corrected chi connectivity index (χ3v) is 8.34. The summed E-state index contributed by atoms with van der Waals surface area (Å²) in [5.41, 5.74) is 4.34. The van der Waals surface area contributed by atoms with Crippen LogP contribution in [0.15, 0.2) is 83.6 Å². The fourth-order valence-corrected chi connectivity index (χ4v) is 5.99. The topological polar surface area (TPSA) is 135 Å². The number of methoxy groups -OCH3 is 2. The van der Waals surface area contributed by atoms with E-state index in [0.717, 1.165) is 43.8 Å². The summed E-state index contributed by atoms with van der Waals surface area (Å²) in [7, 11) is 3.28. The number of ether oxygens (including phenoxy) is 3. The molecule has 0 saturated heterocycles. The summed E-state index contributed by atoms with van der Waals surface area (Å²) in [5, 5.41) is 5.70. The van der Waals surface area contributed by atoms with Gasteiger partial charge in [0, 0.05) is 60.2 Å². The first-order chi connectivity index (χ1) is 24.8. The molecule has 4 aromatic rings. The van der Waals surface area contributed by atoms with E-state index in [1.807, 2.05) is 86.3 Å². The Labute approximate surface area is 312 Å². The number of nitrogens with zero attached hydrogens (tertiary/aromatic N) is 4. The van der Waals surface area contributed by atoms with Crippen LogP contribution in [0.3, 0.4) is 0 Å². The van der Waals surface area contributed by atoms with Crippen LogP contribution in [0, 0.1) is 0 Å². The van der Waals surface area contributed by atoms with Crippen molar-refractivity contribution in [1.82, 2.24) is 19.8 Å². The summed E-state index contributed by atoms with van der Waals surface area (Å²) in [6.45, 7) is 8.63. The van der Waals surface area contributed by atoms with Crippen LogP contribution in [0.2, 0.25) is 0 Å². The van der Waals surface area contributed by atoms with Gasteiger partial charge < -0.3 is 24.8 Å². The van der Waals surface area contributed by atoms with Crippen molar-refractivity contribution < 1.29 is 28.6 Å². The van der Waals surface area contributed by atoms with Gasteiger partial charge in [-0.1, -0.05) is 24.3 Å². The number of carbonyl (C=O) groups excluding carboxylic acids is 3. The summed E-state index contributed by atoms with van der Waals surface area (Å²) < 4.78 is 16.6. The maximum atomic E-state index is 12.3. The molecule has 272 valence electrons. The Kier molecular flexibility index (Phi) is 12.8. The molecule has 2 aliphatic heterocycles. The molecule has 0 bridgehead atoms. The quantitative estimate of drug-likeness (QED) is 0.157. The summed E-state index contributed by atoms with van der Waals surface area (Å²) in [5.74, 6) is 2.26. The standard InChI is InChI=1S/C23H27N3O4.C16H16BrN3O2/c1-23(2,3)30-21(28)10-7-17-11-18-14-26(15-20(27)25-22(18)24-12-17)13-16-5-8-19(29-4)9-6-16;1-22-14-4-2-11(3-5-14)8-20-9-12-6-13(17)7-18-16(12)19-15(21)10-20/h5-12H,13-15H2,1-4H3,(H,24,25,27);2-7H,8-10H2,1H3,(H,18,19,21)/b10-7+;. The maximum Gasteiger partial charge on any atom is 0.331 e. The average Bonchev–Trinajstić information content (AvgIpc) is 3.35. The van der Waals surface area contributed by atoms with Gasteiger partial charge in [0.1, 0.15) is 28.7 Å². The lowest BCUT2D eigenvalue weighted by molar-refractivity contribution is -0.148. The van der Waals surface area contributed by atoms with E-state index in [1.54, 1.807) is 32.7 Å². The van der Waals surface area contributed by atoms with E-state index < -0.39 is 11.6 Å². The first-order valence-corrected chi connectivity index (χ1v) is 17.5. The number of aromatic nitrogens is 2. The van der Waals surface area contributed by atoms with Crippen LogP contribution in [0.1, 0.15) is 48.6 Å². The zero-order valence-electron chi connectivity index (χ0n) is 29.9. The predicted octanol–water partition coefficient (Wildman–Crippen LogP) is 6.21. The summed E-state index contributed by atoms with van der Waals surface area (Å²) in [6, 6.07) is 19.6. The van der Waals surface area contributed by atoms with Crippen molar-refractivity contribution in [2.75, 3.05) is 37.9 Å². The second kappa shape index (κ2) is 17.4. The molecule has 0 fully saturated rings. The molecular formula is C39H43BrN6O6. The number of hydrogen-bond acceptors (Lipinski definition) is 10. The molecule has 0 aliphatic carbocycles. The van der Waals surface area contributed by atoms with E-state index in [-0.39, 0.29) is 18.4 Å². The van der Waals surface area contributed by atoms with E-state index in [0.29, 0.717) is 44.4 Å². The number of carbonyl (C=O) groups is 3. The highest BCUT2D eigenvalue weighted by molar-refractivity contribution is 9.10. The van der Waals surface area contributed by atoms with Gasteiger partial charge in [0.15, 0.2) is 0 Å². The van der Waals surface area contributed by atoms with Crippen molar-refractivity contribution >= 4 is 51.4 Å². The molecule has 2 aromatic heterocycles. The van der Waals surface area contributed by atoms with Gasteiger partial charge in [-0.3, -0.25) is 19.4 Å². The van der Waals surface area contributed by atoms with Gasteiger partial charge in [-0.15, -0.1) is 0 Å². The van der Waals surface area contributed by atoms with Crippen molar-refractivity contribution in [3.63, 3.8) is 0 Å². The second-order valence-electron chi connectivity index (χ2n) is 13.4. The smallest absolute Gasteiger partial charge is 0.331 e. The number of halogens is 1. The highest BCUT2D eigenvalue weighted by Gasteiger charge is 2.22. The van der Waals surface area contributed by atoms with Crippen LogP contribution in [0.4, 0.5) is 11.6 Å². The lowest BCUT2D eigenvalue weighted by atomic mass is 10.1. The number of amides is 2. The van der Waals surface area contributed by atoms with Crippen LogP contribution in [-0.2, 0) is 45.3 Å². The molecule has 4 heterocycles. The third-order valence-electron chi connectivity index (χ3n) is 7.91. The third kappa shape index (κ3) is 11.5. The molecule has 13 heteroatoms. The van der Waals surface area contributed by atoms with Crippen LogP contribution >= 0.6 is 15.9 Å². The normalized spacial score (nSPS) is 14.8. The Morgan fingerprint density at radius 3 is 1.73 bits per heavy atom. The Morgan fingerprint density at radius 2 is 1.25 bits per heavy atom. The molecule has 2 aromatic carbocycles. The molecule has 2 N–H and O–H groups in total. The summed E-state index contributed by atoms with van der Waals surface area (Å²) in [4.78, 5) is 49.0. The highest BCUT2D eigenvalue weighted by atomic mass is 79.9. The molecule has 52 heavy (non-hydrogen) atoms. The second-order valence-corrected chi connectivity index (χ2v) is 14.3. The zero-order chi connectivity index (χ0) is 37.3. The minimum absolute atomic E-state index is 0.0397. The van der Waals surface area contributed by atoms with Gasteiger partial charge in [0.05, 0.1) is 27.3 Å². The number of anilines is 2. The molecular weight excluding hydrogens is 728 g/mol. The largest absolute Gasteiger partial charge is 0.497 e. The minimum atomic E-state index is -0.542. The number of rotatable bonds is 8. The van der Waals surface area contributed by atoms with Crippen molar-refractivity contribution in [3.8, 4) is 11.5 Å². The first kappa shape index (κ1) is 38.1. The Bertz CT molecular complexity index is 1910. The SMILES string of the molecule is COc1ccc(CN2CC(=O)Nc3ncc(/C=C/C(=O)OC(C)(C)C)cc3C2)cc1.COc1ccc(CN2CC(=O)Nc3ncc(Br)cc3C2)cc1. The van der Waals surface area contributed by atoms with Gasteiger partial charge in [-0.2, -0.15) is 0 Å².